The number of ketones is 2. The van der Waals surface area contributed by atoms with E-state index in [4.69, 9.17) is 0 Å². The number of para-hydroxylation sites is 1. The molecule has 2 heterocycles. The van der Waals surface area contributed by atoms with Gasteiger partial charge in [-0.3, -0.25) is 14.6 Å². The number of benzene rings is 1. The molecule has 0 spiro atoms. The number of pyridine rings is 1. The van der Waals surface area contributed by atoms with Crippen LogP contribution in [0, 0.1) is 0 Å². The number of aryl methyl sites for hydroxylation is 1. The number of carbonyl (C=O) groups is 2. The predicted octanol–water partition coefficient (Wildman–Crippen LogP) is 2.35. The maximum atomic E-state index is 12.7. The van der Waals surface area contributed by atoms with E-state index in [1.54, 1.807) is 23.7 Å². The molecule has 4 rings (SSSR count). The molecule has 1 aromatic carbocycles. The first-order chi connectivity index (χ1) is 9.70. The molecule has 0 bridgehead atoms. The maximum Gasteiger partial charge on any atom is 0.229 e. The molecule has 0 aliphatic heterocycles. The van der Waals surface area contributed by atoms with E-state index in [9.17, 15) is 9.59 Å². The van der Waals surface area contributed by atoms with Crippen LogP contribution in [0.2, 0.25) is 0 Å². The topological polar surface area (TPSA) is 52.0 Å². The predicted molar refractivity (Wildman–Crippen MR) is 74.0 cm³/mol. The smallest absolute Gasteiger partial charge is 0.229 e. The minimum absolute atomic E-state index is 0.125. The molecule has 0 amide bonds. The average molecular weight is 262 g/mol. The molecule has 0 radical (unpaired) electrons. The molecule has 0 fully saturated rings. The van der Waals surface area contributed by atoms with E-state index in [0.29, 0.717) is 16.8 Å². The third-order valence-corrected chi connectivity index (χ3v) is 3.82. The lowest BCUT2D eigenvalue weighted by atomic mass is 9.90. The average Bonchev–Trinajstić information content (AvgIpc) is 2.79. The molecule has 0 unspecified atom stereocenters. The van der Waals surface area contributed by atoms with Crippen LogP contribution in [0.3, 0.4) is 0 Å². The van der Waals surface area contributed by atoms with Crippen LogP contribution in [0.25, 0.3) is 10.9 Å². The van der Waals surface area contributed by atoms with Gasteiger partial charge in [0.25, 0.3) is 0 Å². The Labute approximate surface area is 114 Å². The molecule has 0 saturated heterocycles. The summed E-state index contributed by atoms with van der Waals surface area (Å²) in [7, 11) is 1.81. The second kappa shape index (κ2) is 3.63. The highest BCUT2D eigenvalue weighted by atomic mass is 16.1. The lowest BCUT2D eigenvalue weighted by Gasteiger charge is -2.14. The van der Waals surface area contributed by atoms with E-state index in [-0.39, 0.29) is 17.3 Å². The summed E-state index contributed by atoms with van der Waals surface area (Å²) >= 11 is 0. The van der Waals surface area contributed by atoms with Crippen molar-refractivity contribution in [1.82, 2.24) is 9.55 Å². The Morgan fingerprint density at radius 2 is 1.80 bits per heavy atom. The van der Waals surface area contributed by atoms with Gasteiger partial charge in [0.2, 0.25) is 5.78 Å². The minimum Gasteiger partial charge on any atom is -0.340 e. The maximum absolute atomic E-state index is 12.7. The highest BCUT2D eigenvalue weighted by Gasteiger charge is 2.35. The molecule has 4 heteroatoms. The summed E-state index contributed by atoms with van der Waals surface area (Å²) < 4.78 is 1.78. The van der Waals surface area contributed by atoms with Gasteiger partial charge in [0.05, 0.1) is 11.1 Å². The monoisotopic (exact) mass is 262 g/mol. The van der Waals surface area contributed by atoms with Crippen LogP contribution < -0.4 is 0 Å². The molecule has 1 aliphatic carbocycles. The summed E-state index contributed by atoms with van der Waals surface area (Å²) in [5.74, 6) is -0.312. The van der Waals surface area contributed by atoms with E-state index < -0.39 is 0 Å². The van der Waals surface area contributed by atoms with Gasteiger partial charge in [-0.25, -0.2) is 0 Å². The SMILES string of the molecule is Cn1c2c(c3ccccc31)C(=O)c1cccnc1C2=O. The first-order valence-corrected chi connectivity index (χ1v) is 6.32. The van der Waals surface area contributed by atoms with Gasteiger partial charge in [0.1, 0.15) is 11.4 Å². The van der Waals surface area contributed by atoms with Crippen LogP contribution in [-0.2, 0) is 7.05 Å². The van der Waals surface area contributed by atoms with Crippen molar-refractivity contribution in [2.45, 2.75) is 0 Å². The number of rotatable bonds is 0. The van der Waals surface area contributed by atoms with Crippen molar-refractivity contribution in [3.05, 3.63) is 65.1 Å². The Bertz CT molecular complexity index is 906. The molecular formula is C16H10N2O2. The lowest BCUT2D eigenvalue weighted by Crippen LogP contribution is -2.23. The van der Waals surface area contributed by atoms with Gasteiger partial charge in [0, 0.05) is 24.1 Å². The first kappa shape index (κ1) is 11.1. The van der Waals surface area contributed by atoms with Crippen LogP contribution in [0.4, 0.5) is 0 Å². The number of aromatic nitrogens is 2. The molecule has 2 aromatic heterocycles. The number of hydrogen-bond donors (Lipinski definition) is 0. The zero-order chi connectivity index (χ0) is 13.9. The Morgan fingerprint density at radius 1 is 1.00 bits per heavy atom. The van der Waals surface area contributed by atoms with Crippen molar-refractivity contribution >= 4 is 22.5 Å². The number of fused-ring (bicyclic) bond motifs is 4. The van der Waals surface area contributed by atoms with E-state index in [0.717, 1.165) is 10.9 Å². The fourth-order valence-corrected chi connectivity index (χ4v) is 2.91. The summed E-state index contributed by atoms with van der Waals surface area (Å²) in [5.41, 5.74) is 2.44. The van der Waals surface area contributed by atoms with Gasteiger partial charge in [-0.15, -0.1) is 0 Å². The van der Waals surface area contributed by atoms with E-state index >= 15 is 0 Å². The van der Waals surface area contributed by atoms with Crippen molar-refractivity contribution < 1.29 is 9.59 Å². The molecular weight excluding hydrogens is 252 g/mol. The van der Waals surface area contributed by atoms with Gasteiger partial charge in [0.15, 0.2) is 5.78 Å². The third kappa shape index (κ3) is 1.18. The number of nitrogens with zero attached hydrogens (tertiary/aromatic N) is 2. The molecule has 0 N–H and O–H groups in total. The second-order valence-electron chi connectivity index (χ2n) is 4.86. The van der Waals surface area contributed by atoms with Crippen molar-refractivity contribution in [2.24, 2.45) is 7.05 Å². The Hall–Kier alpha value is -2.75. The molecule has 0 saturated carbocycles. The van der Waals surface area contributed by atoms with Crippen LogP contribution in [0.15, 0.2) is 42.6 Å². The quantitative estimate of drug-likeness (QED) is 0.489. The summed E-state index contributed by atoms with van der Waals surface area (Å²) in [6.45, 7) is 0. The molecule has 20 heavy (non-hydrogen) atoms. The molecule has 0 atom stereocenters. The fraction of sp³-hybridized carbons (Fsp3) is 0.0625. The van der Waals surface area contributed by atoms with Crippen LogP contribution in [-0.4, -0.2) is 21.1 Å². The summed E-state index contributed by atoms with van der Waals surface area (Å²) in [5, 5.41) is 0.817. The van der Waals surface area contributed by atoms with Crippen LogP contribution >= 0.6 is 0 Å². The Balaban J connectivity index is 2.18. The van der Waals surface area contributed by atoms with Crippen molar-refractivity contribution in [2.75, 3.05) is 0 Å². The standard InChI is InChI=1S/C16H10N2O2/c1-18-11-7-3-2-5-9(11)12-14(18)16(20)13-10(15(12)19)6-4-8-17-13/h2-8H,1H3. The van der Waals surface area contributed by atoms with Gasteiger partial charge < -0.3 is 4.57 Å². The van der Waals surface area contributed by atoms with Crippen molar-refractivity contribution in [3.63, 3.8) is 0 Å². The largest absolute Gasteiger partial charge is 0.340 e. The van der Waals surface area contributed by atoms with Crippen LogP contribution in [0.1, 0.15) is 32.1 Å². The zero-order valence-electron chi connectivity index (χ0n) is 10.8. The van der Waals surface area contributed by atoms with E-state index in [1.807, 2.05) is 24.3 Å². The van der Waals surface area contributed by atoms with Gasteiger partial charge in [-0.2, -0.15) is 0 Å². The summed E-state index contributed by atoms with van der Waals surface area (Å²) in [6.07, 6.45) is 1.54. The van der Waals surface area contributed by atoms with Gasteiger partial charge in [-0.05, 0) is 18.2 Å². The fourth-order valence-electron chi connectivity index (χ4n) is 2.91. The van der Waals surface area contributed by atoms with Gasteiger partial charge in [-0.1, -0.05) is 18.2 Å². The number of hydrogen-bond acceptors (Lipinski definition) is 3. The lowest BCUT2D eigenvalue weighted by molar-refractivity contribution is 0.0971. The Morgan fingerprint density at radius 3 is 2.65 bits per heavy atom. The zero-order valence-corrected chi connectivity index (χ0v) is 10.8. The first-order valence-electron chi connectivity index (χ1n) is 6.32. The third-order valence-electron chi connectivity index (χ3n) is 3.82. The number of carbonyl (C=O) groups excluding carboxylic acids is 2. The molecule has 4 nitrogen and oxygen atoms in total. The van der Waals surface area contributed by atoms with E-state index in [1.165, 1.54) is 6.20 Å². The Kier molecular flexibility index (Phi) is 2.02. The normalized spacial score (nSPS) is 13.4. The molecule has 1 aliphatic rings. The van der Waals surface area contributed by atoms with Crippen molar-refractivity contribution in [3.8, 4) is 0 Å². The summed E-state index contributed by atoms with van der Waals surface area (Å²) in [6, 6.07) is 10.9. The highest BCUT2D eigenvalue weighted by molar-refractivity contribution is 6.31. The summed E-state index contributed by atoms with van der Waals surface area (Å²) in [4.78, 5) is 29.4. The van der Waals surface area contributed by atoms with E-state index in [2.05, 4.69) is 4.98 Å². The van der Waals surface area contributed by atoms with Gasteiger partial charge >= 0.3 is 0 Å². The van der Waals surface area contributed by atoms with Crippen molar-refractivity contribution in [1.29, 1.82) is 0 Å². The molecule has 96 valence electrons. The minimum atomic E-state index is -0.186. The molecule has 3 aromatic rings. The second-order valence-corrected chi connectivity index (χ2v) is 4.86. The van der Waals surface area contributed by atoms with Crippen LogP contribution in [0.5, 0.6) is 0 Å². The highest BCUT2D eigenvalue weighted by Crippen LogP contribution is 2.33.